The molecule has 0 saturated heterocycles. The maximum absolute atomic E-state index is 10.8. The minimum atomic E-state index is 0.0575. The number of nitrogens with two attached hydrogens (primary N) is 1. The number of nitrogens with zero attached hydrogens (tertiary/aromatic N) is 3. The highest BCUT2D eigenvalue weighted by atomic mass is 32.2. The molecule has 1 heterocycles. The summed E-state index contributed by atoms with van der Waals surface area (Å²) in [5.41, 5.74) is 7.78. The first-order valence-electron chi connectivity index (χ1n) is 6.08. The van der Waals surface area contributed by atoms with Crippen molar-refractivity contribution in [3.05, 3.63) is 41.6 Å². The molecule has 0 aliphatic rings. The number of anilines is 1. The van der Waals surface area contributed by atoms with Crippen LogP contribution in [0.1, 0.15) is 18.1 Å². The highest BCUT2D eigenvalue weighted by molar-refractivity contribution is 8.13. The van der Waals surface area contributed by atoms with E-state index in [0.29, 0.717) is 17.1 Å². The number of hydrogen-bond acceptors (Lipinski definition) is 5. The molecule has 1 aromatic carbocycles. The van der Waals surface area contributed by atoms with Gasteiger partial charge < -0.3 is 5.73 Å². The molecule has 6 heteroatoms. The lowest BCUT2D eigenvalue weighted by Gasteiger charge is -2.03. The molecule has 0 aliphatic carbocycles. The van der Waals surface area contributed by atoms with E-state index in [9.17, 15) is 4.79 Å². The van der Waals surface area contributed by atoms with Gasteiger partial charge >= 0.3 is 0 Å². The predicted octanol–water partition coefficient (Wildman–Crippen LogP) is 1.96. The van der Waals surface area contributed by atoms with Gasteiger partial charge in [-0.2, -0.15) is 10.4 Å². The van der Waals surface area contributed by atoms with Gasteiger partial charge in [-0.05, 0) is 24.3 Å². The third-order valence-corrected chi connectivity index (χ3v) is 3.31. The molecule has 2 rings (SSSR count). The van der Waals surface area contributed by atoms with Gasteiger partial charge in [0.05, 0.1) is 17.6 Å². The van der Waals surface area contributed by atoms with Crippen LogP contribution >= 0.6 is 11.8 Å². The zero-order valence-electron chi connectivity index (χ0n) is 11.3. The van der Waals surface area contributed by atoms with Gasteiger partial charge in [0.15, 0.2) is 5.12 Å². The number of carbonyl (C=O) groups is 1. The number of thioether (sulfide) groups is 1. The SMILES string of the molecule is CC(=O)SCC#Cc1ccc(-n2ncc(C#N)c2N)cc1. The Morgan fingerprint density at radius 3 is 2.71 bits per heavy atom. The molecule has 0 fully saturated rings. The summed E-state index contributed by atoms with van der Waals surface area (Å²) in [5.74, 6) is 6.69. The molecule has 5 nitrogen and oxygen atoms in total. The van der Waals surface area contributed by atoms with Crippen molar-refractivity contribution in [1.29, 1.82) is 5.26 Å². The van der Waals surface area contributed by atoms with E-state index in [2.05, 4.69) is 16.9 Å². The van der Waals surface area contributed by atoms with E-state index < -0.39 is 0 Å². The van der Waals surface area contributed by atoms with Gasteiger partial charge in [0.25, 0.3) is 0 Å². The van der Waals surface area contributed by atoms with Gasteiger partial charge in [0, 0.05) is 12.5 Å². The topological polar surface area (TPSA) is 84.7 Å². The highest BCUT2D eigenvalue weighted by Gasteiger charge is 2.07. The molecule has 0 bridgehead atoms. The maximum Gasteiger partial charge on any atom is 0.186 e. The molecule has 21 heavy (non-hydrogen) atoms. The zero-order valence-corrected chi connectivity index (χ0v) is 12.1. The second-order valence-corrected chi connectivity index (χ2v) is 5.25. The monoisotopic (exact) mass is 296 g/mol. The lowest BCUT2D eigenvalue weighted by Crippen LogP contribution is -2.02. The van der Waals surface area contributed by atoms with Crippen LogP contribution in [0.15, 0.2) is 30.5 Å². The molecule has 2 aromatic rings. The molecule has 0 unspecified atom stereocenters. The molecule has 0 aliphatic heterocycles. The van der Waals surface area contributed by atoms with Crippen LogP contribution in [0.5, 0.6) is 0 Å². The molecule has 0 amide bonds. The second-order valence-electron chi connectivity index (χ2n) is 4.10. The zero-order chi connectivity index (χ0) is 15.2. The molecular formula is C15H12N4OS. The third kappa shape index (κ3) is 3.65. The van der Waals surface area contributed by atoms with Crippen LogP contribution in [-0.4, -0.2) is 20.6 Å². The summed E-state index contributed by atoms with van der Waals surface area (Å²) in [6.45, 7) is 1.52. The van der Waals surface area contributed by atoms with Gasteiger partial charge in [0.2, 0.25) is 0 Å². The normalized spacial score (nSPS) is 9.52. The Balaban J connectivity index is 2.14. The van der Waals surface area contributed by atoms with Crippen LogP contribution in [0.4, 0.5) is 5.82 Å². The summed E-state index contributed by atoms with van der Waals surface area (Å²) in [4.78, 5) is 10.8. The van der Waals surface area contributed by atoms with Crippen molar-refractivity contribution in [2.45, 2.75) is 6.92 Å². The van der Waals surface area contributed by atoms with Crippen molar-refractivity contribution >= 4 is 22.7 Å². The Hall–Kier alpha value is -2.70. The smallest absolute Gasteiger partial charge is 0.186 e. The summed E-state index contributed by atoms with van der Waals surface area (Å²) < 4.78 is 1.50. The average Bonchev–Trinajstić information content (AvgIpc) is 2.85. The van der Waals surface area contributed by atoms with Crippen molar-refractivity contribution in [2.24, 2.45) is 0 Å². The Morgan fingerprint density at radius 2 is 2.14 bits per heavy atom. The number of aromatic nitrogens is 2. The Morgan fingerprint density at radius 1 is 1.43 bits per heavy atom. The van der Waals surface area contributed by atoms with E-state index in [-0.39, 0.29) is 5.12 Å². The van der Waals surface area contributed by atoms with Crippen LogP contribution in [0.25, 0.3) is 5.69 Å². The molecule has 1 aromatic heterocycles. The molecule has 2 N–H and O–H groups in total. The Bertz CT molecular complexity index is 760. The number of carbonyl (C=O) groups excluding carboxylic acids is 1. The number of nitrogen functional groups attached to an aromatic ring is 1. The number of rotatable bonds is 2. The molecule has 0 saturated carbocycles. The number of hydrogen-bond donors (Lipinski definition) is 1. The fourth-order valence-corrected chi connectivity index (χ4v) is 1.96. The average molecular weight is 296 g/mol. The molecule has 0 radical (unpaired) electrons. The van der Waals surface area contributed by atoms with Gasteiger partial charge in [0.1, 0.15) is 17.5 Å². The lowest BCUT2D eigenvalue weighted by molar-refractivity contribution is -0.109. The molecular weight excluding hydrogens is 284 g/mol. The van der Waals surface area contributed by atoms with E-state index >= 15 is 0 Å². The largest absolute Gasteiger partial charge is 0.382 e. The van der Waals surface area contributed by atoms with E-state index in [1.165, 1.54) is 29.6 Å². The number of nitriles is 1. The van der Waals surface area contributed by atoms with E-state index in [1.54, 1.807) is 0 Å². The van der Waals surface area contributed by atoms with E-state index in [1.807, 2.05) is 30.3 Å². The van der Waals surface area contributed by atoms with Gasteiger partial charge in [-0.3, -0.25) is 4.79 Å². The van der Waals surface area contributed by atoms with Crippen molar-refractivity contribution in [1.82, 2.24) is 9.78 Å². The predicted molar refractivity (Wildman–Crippen MR) is 82.7 cm³/mol. The minimum Gasteiger partial charge on any atom is -0.382 e. The second kappa shape index (κ2) is 6.65. The molecule has 104 valence electrons. The van der Waals surface area contributed by atoms with Crippen molar-refractivity contribution < 1.29 is 4.79 Å². The van der Waals surface area contributed by atoms with E-state index in [0.717, 1.165) is 11.3 Å². The quantitative estimate of drug-likeness (QED) is 0.856. The van der Waals surface area contributed by atoms with Gasteiger partial charge in [-0.1, -0.05) is 23.6 Å². The Kier molecular flexibility index (Phi) is 4.65. The van der Waals surface area contributed by atoms with Crippen molar-refractivity contribution in [3.8, 4) is 23.6 Å². The number of benzene rings is 1. The molecule has 0 spiro atoms. The van der Waals surface area contributed by atoms with Crippen LogP contribution in [-0.2, 0) is 4.79 Å². The van der Waals surface area contributed by atoms with E-state index in [4.69, 9.17) is 11.0 Å². The standard InChI is InChI=1S/C15H12N4OS/c1-11(20)21-8-2-3-12-4-6-14(7-5-12)19-15(17)13(9-16)10-18-19/h4-7,10H,8,17H2,1H3. The molecule has 0 atom stereocenters. The first-order chi connectivity index (χ1) is 10.1. The van der Waals surface area contributed by atoms with Crippen LogP contribution in [0.3, 0.4) is 0 Å². The maximum atomic E-state index is 10.8. The van der Waals surface area contributed by atoms with Crippen LogP contribution < -0.4 is 5.73 Å². The fourth-order valence-electron chi connectivity index (χ4n) is 1.61. The van der Waals surface area contributed by atoms with Gasteiger partial charge in [-0.15, -0.1) is 0 Å². The van der Waals surface area contributed by atoms with Crippen molar-refractivity contribution in [3.63, 3.8) is 0 Å². The first kappa shape index (κ1) is 14.7. The fraction of sp³-hybridized carbons (Fsp3) is 0.133. The summed E-state index contributed by atoms with van der Waals surface area (Å²) >= 11 is 1.18. The van der Waals surface area contributed by atoms with Gasteiger partial charge in [-0.25, -0.2) is 4.68 Å². The highest BCUT2D eigenvalue weighted by Crippen LogP contribution is 2.16. The third-order valence-electron chi connectivity index (χ3n) is 2.62. The first-order valence-corrected chi connectivity index (χ1v) is 7.06. The summed E-state index contributed by atoms with van der Waals surface area (Å²) in [6.07, 6.45) is 1.43. The lowest BCUT2D eigenvalue weighted by atomic mass is 10.2. The van der Waals surface area contributed by atoms with Crippen LogP contribution in [0, 0.1) is 23.2 Å². The summed E-state index contributed by atoms with van der Waals surface area (Å²) in [5, 5.41) is 13.0. The summed E-state index contributed by atoms with van der Waals surface area (Å²) in [7, 11) is 0. The minimum absolute atomic E-state index is 0.0575. The summed E-state index contributed by atoms with van der Waals surface area (Å²) in [6, 6.07) is 9.31. The van der Waals surface area contributed by atoms with Crippen molar-refractivity contribution in [2.75, 3.05) is 11.5 Å². The van der Waals surface area contributed by atoms with Crippen LogP contribution in [0.2, 0.25) is 0 Å². The Labute approximate surface area is 126 Å².